The van der Waals surface area contributed by atoms with Gasteiger partial charge in [0.15, 0.2) is 0 Å². The molecule has 0 spiro atoms. The molecule has 0 aliphatic rings. The van der Waals surface area contributed by atoms with Gasteiger partial charge in [-0.15, -0.1) is 0 Å². The molecule has 1 unspecified atom stereocenters. The van der Waals surface area contributed by atoms with E-state index in [-0.39, 0.29) is 5.97 Å². The van der Waals surface area contributed by atoms with Gasteiger partial charge in [0.05, 0.1) is 0 Å². The number of hydrogen-bond acceptors (Lipinski definition) is 2. The van der Waals surface area contributed by atoms with Crippen molar-refractivity contribution in [2.75, 3.05) is 0 Å². The second-order valence-electron chi connectivity index (χ2n) is 5.00. The highest BCUT2D eigenvalue weighted by Gasteiger charge is 2.17. The normalized spacial score (nSPS) is 12.2. The summed E-state index contributed by atoms with van der Waals surface area (Å²) in [6.45, 7) is 5.25. The molecule has 3 rings (SSSR count). The summed E-state index contributed by atoms with van der Waals surface area (Å²) < 4.78 is 5.44. The van der Waals surface area contributed by atoms with Crippen LogP contribution in [0.1, 0.15) is 18.6 Å². The van der Waals surface area contributed by atoms with E-state index in [2.05, 4.69) is 36.9 Å². The van der Waals surface area contributed by atoms with Crippen LogP contribution in [0.25, 0.3) is 21.5 Å². The lowest BCUT2D eigenvalue weighted by Crippen LogP contribution is -2.07. The zero-order chi connectivity index (χ0) is 14.8. The summed E-state index contributed by atoms with van der Waals surface area (Å²) in [6.07, 6.45) is 1.23. The molecule has 0 bridgehead atoms. The second kappa shape index (κ2) is 5.41. The number of hydrogen-bond donors (Lipinski definition) is 0. The van der Waals surface area contributed by atoms with Gasteiger partial charge in [0.1, 0.15) is 6.10 Å². The Morgan fingerprint density at radius 3 is 2.05 bits per heavy atom. The maximum Gasteiger partial charge on any atom is 0.303 e. The van der Waals surface area contributed by atoms with Gasteiger partial charge in [-0.05, 0) is 33.7 Å². The summed E-state index contributed by atoms with van der Waals surface area (Å²) in [5.74, 6) is -0.308. The molecule has 0 saturated heterocycles. The summed E-state index contributed by atoms with van der Waals surface area (Å²) in [7, 11) is 0. The average molecular weight is 276 g/mol. The van der Waals surface area contributed by atoms with Gasteiger partial charge in [-0.1, -0.05) is 55.1 Å². The molecule has 0 aliphatic heterocycles. The van der Waals surface area contributed by atoms with Gasteiger partial charge in [0.25, 0.3) is 0 Å². The first-order valence-electron chi connectivity index (χ1n) is 6.91. The first-order chi connectivity index (χ1) is 10.2. The number of carbonyl (C=O) groups excluding carboxylic acids is 1. The predicted octanol–water partition coefficient (Wildman–Crippen LogP) is 4.78. The second-order valence-corrected chi connectivity index (χ2v) is 5.00. The van der Waals surface area contributed by atoms with Crippen LogP contribution >= 0.6 is 0 Å². The van der Waals surface area contributed by atoms with E-state index in [9.17, 15) is 4.79 Å². The van der Waals surface area contributed by atoms with Crippen LogP contribution in [0.4, 0.5) is 0 Å². The van der Waals surface area contributed by atoms with Gasteiger partial charge in [-0.3, -0.25) is 4.79 Å². The van der Waals surface area contributed by atoms with Gasteiger partial charge in [0.2, 0.25) is 0 Å². The number of esters is 1. The number of benzene rings is 3. The maximum atomic E-state index is 11.4. The van der Waals surface area contributed by atoms with Crippen molar-refractivity contribution < 1.29 is 9.53 Å². The monoisotopic (exact) mass is 276 g/mol. The first-order valence-corrected chi connectivity index (χ1v) is 6.91. The van der Waals surface area contributed by atoms with E-state index in [1.807, 2.05) is 24.3 Å². The topological polar surface area (TPSA) is 26.3 Å². The molecule has 0 aliphatic carbocycles. The summed E-state index contributed by atoms with van der Waals surface area (Å²) in [5.41, 5.74) is 0.994. The summed E-state index contributed by atoms with van der Waals surface area (Å²) in [6, 6.07) is 18.4. The SMILES string of the molecule is C=CC(OC(C)=O)c1c2ccccc2cc2ccccc12. The molecule has 0 fully saturated rings. The maximum absolute atomic E-state index is 11.4. The van der Waals surface area contributed by atoms with Crippen LogP contribution in [0.15, 0.2) is 67.3 Å². The Morgan fingerprint density at radius 1 is 1.05 bits per heavy atom. The Bertz CT molecular complexity index is 779. The zero-order valence-electron chi connectivity index (χ0n) is 11.9. The third kappa shape index (κ3) is 2.40. The highest BCUT2D eigenvalue weighted by atomic mass is 16.5. The molecule has 0 aromatic heterocycles. The molecule has 104 valence electrons. The quantitative estimate of drug-likeness (QED) is 0.391. The molecule has 3 aromatic carbocycles. The van der Waals surface area contributed by atoms with Crippen molar-refractivity contribution >= 4 is 27.5 Å². The lowest BCUT2D eigenvalue weighted by molar-refractivity contribution is -0.144. The minimum atomic E-state index is -0.446. The number of ether oxygens (including phenoxy) is 1. The van der Waals surface area contributed by atoms with E-state index in [0.29, 0.717) is 0 Å². The van der Waals surface area contributed by atoms with E-state index in [1.165, 1.54) is 6.92 Å². The summed E-state index contributed by atoms with van der Waals surface area (Å²) in [5, 5.41) is 4.43. The van der Waals surface area contributed by atoms with Crippen molar-refractivity contribution in [3.63, 3.8) is 0 Å². The highest BCUT2D eigenvalue weighted by molar-refractivity contribution is 6.02. The smallest absolute Gasteiger partial charge is 0.303 e. The molecule has 0 saturated carbocycles. The standard InChI is InChI=1S/C19H16O2/c1-3-18(21-13(2)20)19-16-10-6-4-8-14(16)12-15-9-5-7-11-17(15)19/h3-12,18H,1H2,2H3. The van der Waals surface area contributed by atoms with Crippen LogP contribution in [0.5, 0.6) is 0 Å². The Labute approximate surface area is 123 Å². The molecular weight excluding hydrogens is 260 g/mol. The lowest BCUT2D eigenvalue weighted by Gasteiger charge is -2.18. The Kier molecular flexibility index (Phi) is 3.44. The first kappa shape index (κ1) is 13.4. The summed E-state index contributed by atoms with van der Waals surface area (Å²) in [4.78, 5) is 11.4. The lowest BCUT2D eigenvalue weighted by atomic mass is 9.93. The van der Waals surface area contributed by atoms with Gasteiger partial charge < -0.3 is 4.74 Å². The molecule has 3 aromatic rings. The van der Waals surface area contributed by atoms with Crippen molar-refractivity contribution in [1.82, 2.24) is 0 Å². The molecule has 2 nitrogen and oxygen atoms in total. The molecular formula is C19H16O2. The molecule has 2 heteroatoms. The predicted molar refractivity (Wildman–Crippen MR) is 86.2 cm³/mol. The third-order valence-corrected chi connectivity index (χ3v) is 3.60. The van der Waals surface area contributed by atoms with Crippen molar-refractivity contribution in [3.8, 4) is 0 Å². The van der Waals surface area contributed by atoms with E-state index in [4.69, 9.17) is 4.74 Å². The van der Waals surface area contributed by atoms with Crippen molar-refractivity contribution in [1.29, 1.82) is 0 Å². The van der Waals surface area contributed by atoms with Gasteiger partial charge in [-0.2, -0.15) is 0 Å². The van der Waals surface area contributed by atoms with E-state index >= 15 is 0 Å². The molecule has 0 amide bonds. The number of fused-ring (bicyclic) bond motifs is 2. The van der Waals surface area contributed by atoms with Crippen LogP contribution in [-0.4, -0.2) is 5.97 Å². The van der Waals surface area contributed by atoms with Crippen LogP contribution in [-0.2, 0) is 9.53 Å². The number of carbonyl (C=O) groups is 1. The Balaban J connectivity index is 2.39. The Morgan fingerprint density at radius 2 is 1.57 bits per heavy atom. The fraction of sp³-hybridized carbons (Fsp3) is 0.105. The molecule has 0 N–H and O–H groups in total. The van der Waals surface area contributed by atoms with Crippen molar-refractivity contribution in [3.05, 3.63) is 72.8 Å². The highest BCUT2D eigenvalue weighted by Crippen LogP contribution is 2.34. The number of rotatable bonds is 3. The minimum Gasteiger partial charge on any atom is -0.453 e. The third-order valence-electron chi connectivity index (χ3n) is 3.60. The largest absolute Gasteiger partial charge is 0.453 e. The summed E-state index contributed by atoms with van der Waals surface area (Å²) >= 11 is 0. The van der Waals surface area contributed by atoms with Crippen LogP contribution in [0.3, 0.4) is 0 Å². The van der Waals surface area contributed by atoms with Crippen LogP contribution in [0, 0.1) is 0 Å². The van der Waals surface area contributed by atoms with Crippen LogP contribution < -0.4 is 0 Å². The zero-order valence-corrected chi connectivity index (χ0v) is 11.9. The van der Waals surface area contributed by atoms with Crippen molar-refractivity contribution in [2.45, 2.75) is 13.0 Å². The van der Waals surface area contributed by atoms with E-state index < -0.39 is 6.10 Å². The molecule has 1 atom stereocenters. The molecule has 0 radical (unpaired) electrons. The minimum absolute atomic E-state index is 0.308. The van der Waals surface area contributed by atoms with Gasteiger partial charge in [0, 0.05) is 12.5 Å². The molecule has 0 heterocycles. The van der Waals surface area contributed by atoms with Gasteiger partial charge in [-0.25, -0.2) is 0 Å². The van der Waals surface area contributed by atoms with Gasteiger partial charge >= 0.3 is 5.97 Å². The fourth-order valence-electron chi connectivity index (χ4n) is 2.76. The van der Waals surface area contributed by atoms with Crippen molar-refractivity contribution in [2.24, 2.45) is 0 Å². The average Bonchev–Trinajstić information content (AvgIpc) is 2.50. The van der Waals surface area contributed by atoms with E-state index in [0.717, 1.165) is 27.1 Å². The fourth-order valence-corrected chi connectivity index (χ4v) is 2.76. The van der Waals surface area contributed by atoms with E-state index in [1.54, 1.807) is 6.08 Å². The van der Waals surface area contributed by atoms with Crippen LogP contribution in [0.2, 0.25) is 0 Å². The molecule has 21 heavy (non-hydrogen) atoms. The Hall–Kier alpha value is -2.61.